The van der Waals surface area contributed by atoms with Crippen LogP contribution >= 0.6 is 0 Å². The van der Waals surface area contributed by atoms with E-state index in [0.717, 1.165) is 46.7 Å². The second-order valence-electron chi connectivity index (χ2n) is 8.68. The van der Waals surface area contributed by atoms with E-state index in [2.05, 4.69) is 4.98 Å². The van der Waals surface area contributed by atoms with Crippen LogP contribution in [0.1, 0.15) is 35.9 Å². The van der Waals surface area contributed by atoms with Crippen LogP contribution in [0, 0.1) is 13.8 Å². The lowest BCUT2D eigenvalue weighted by molar-refractivity contribution is 0.152. The maximum atomic E-state index is 12.6. The quantitative estimate of drug-likeness (QED) is 0.227. The molecule has 6 heteroatoms. The number of aryl methyl sites for hydroxylation is 3. The molecule has 4 aromatic rings. The van der Waals surface area contributed by atoms with E-state index in [1.807, 2.05) is 87.5 Å². The zero-order chi connectivity index (χ0) is 25.3. The molecule has 0 atom stereocenters. The fourth-order valence-corrected chi connectivity index (χ4v) is 3.78. The molecule has 186 valence electrons. The molecule has 1 aromatic heterocycles. The summed E-state index contributed by atoms with van der Waals surface area (Å²) in [5, 5.41) is 0. The number of hydrogen-bond acceptors (Lipinski definition) is 5. The van der Waals surface area contributed by atoms with Crippen molar-refractivity contribution in [3.8, 4) is 23.0 Å². The molecule has 0 unspecified atom stereocenters. The number of ether oxygens (including phenoxy) is 2. The first-order valence-electron chi connectivity index (χ1n) is 12.3. The largest absolute Gasteiger partial charge is 0.494 e. The van der Waals surface area contributed by atoms with E-state index in [0.29, 0.717) is 31.3 Å². The average molecular weight is 485 g/mol. The Morgan fingerprint density at radius 2 is 1.61 bits per heavy atom. The van der Waals surface area contributed by atoms with E-state index in [1.165, 1.54) is 0 Å². The minimum Gasteiger partial charge on any atom is -0.494 e. The molecule has 36 heavy (non-hydrogen) atoms. The molecule has 0 spiro atoms. The van der Waals surface area contributed by atoms with Crippen molar-refractivity contribution in [3.63, 3.8) is 0 Å². The number of aromatic nitrogens is 1. The second-order valence-corrected chi connectivity index (χ2v) is 8.68. The van der Waals surface area contributed by atoms with Gasteiger partial charge in [0.25, 0.3) is 0 Å². The SMILES string of the molecule is CCN(Cc1ccc(OCCCc2nc(-c3ccccc3)oc2C)cc1)C(=O)Oc1ccc(C)cc1. The Bertz CT molecular complexity index is 1250. The lowest BCUT2D eigenvalue weighted by Crippen LogP contribution is -2.32. The molecule has 4 rings (SSSR count). The fraction of sp³-hybridized carbons (Fsp3) is 0.267. The summed E-state index contributed by atoms with van der Waals surface area (Å²) in [6, 6.07) is 25.2. The average Bonchev–Trinajstić information content (AvgIpc) is 3.28. The third-order valence-corrected chi connectivity index (χ3v) is 5.90. The highest BCUT2D eigenvalue weighted by molar-refractivity contribution is 5.70. The van der Waals surface area contributed by atoms with Gasteiger partial charge in [0.2, 0.25) is 5.89 Å². The Balaban J connectivity index is 1.23. The van der Waals surface area contributed by atoms with Crippen molar-refractivity contribution in [3.05, 3.63) is 101 Å². The highest BCUT2D eigenvalue weighted by atomic mass is 16.6. The number of benzene rings is 3. The molecule has 1 heterocycles. The van der Waals surface area contributed by atoms with Crippen molar-refractivity contribution in [1.82, 2.24) is 9.88 Å². The first-order valence-corrected chi connectivity index (χ1v) is 12.3. The van der Waals surface area contributed by atoms with Crippen LogP contribution in [-0.2, 0) is 13.0 Å². The van der Waals surface area contributed by atoms with Gasteiger partial charge in [0.15, 0.2) is 0 Å². The molecule has 0 fully saturated rings. The van der Waals surface area contributed by atoms with Crippen LogP contribution < -0.4 is 9.47 Å². The van der Waals surface area contributed by atoms with Gasteiger partial charge in [0.05, 0.1) is 12.3 Å². The van der Waals surface area contributed by atoms with Crippen molar-refractivity contribution in [2.75, 3.05) is 13.2 Å². The molecule has 0 bridgehead atoms. The zero-order valence-electron chi connectivity index (χ0n) is 21.1. The molecule has 0 saturated heterocycles. The molecule has 3 aromatic carbocycles. The Morgan fingerprint density at radius 1 is 0.917 bits per heavy atom. The van der Waals surface area contributed by atoms with Gasteiger partial charge in [-0.2, -0.15) is 0 Å². The molecule has 0 saturated carbocycles. The normalized spacial score (nSPS) is 10.8. The van der Waals surface area contributed by atoms with E-state index in [1.54, 1.807) is 17.0 Å². The maximum Gasteiger partial charge on any atom is 0.415 e. The van der Waals surface area contributed by atoms with Gasteiger partial charge in [0.1, 0.15) is 17.3 Å². The summed E-state index contributed by atoms with van der Waals surface area (Å²) in [6.45, 7) is 7.48. The van der Waals surface area contributed by atoms with Gasteiger partial charge in [-0.25, -0.2) is 9.78 Å². The monoisotopic (exact) mass is 484 g/mol. The van der Waals surface area contributed by atoms with Crippen LogP contribution in [0.15, 0.2) is 83.3 Å². The predicted molar refractivity (Wildman–Crippen MR) is 140 cm³/mol. The molecule has 0 aliphatic heterocycles. The van der Waals surface area contributed by atoms with E-state index >= 15 is 0 Å². The Hall–Kier alpha value is -4.06. The number of rotatable bonds is 10. The van der Waals surface area contributed by atoms with Gasteiger partial charge in [-0.1, -0.05) is 48.0 Å². The van der Waals surface area contributed by atoms with E-state index < -0.39 is 0 Å². The Morgan fingerprint density at radius 3 is 2.31 bits per heavy atom. The summed E-state index contributed by atoms with van der Waals surface area (Å²) >= 11 is 0. The second kappa shape index (κ2) is 12.1. The first kappa shape index (κ1) is 25.0. The minimum absolute atomic E-state index is 0.361. The number of nitrogens with zero attached hydrogens (tertiary/aromatic N) is 2. The van der Waals surface area contributed by atoms with Gasteiger partial charge in [-0.3, -0.25) is 0 Å². The summed E-state index contributed by atoms with van der Waals surface area (Å²) in [5.41, 5.74) is 4.07. The van der Waals surface area contributed by atoms with Gasteiger partial charge in [0, 0.05) is 18.7 Å². The van der Waals surface area contributed by atoms with Crippen molar-refractivity contribution in [2.45, 2.75) is 40.2 Å². The third kappa shape index (κ3) is 6.75. The fourth-order valence-electron chi connectivity index (χ4n) is 3.78. The molecular weight excluding hydrogens is 452 g/mol. The molecule has 0 aliphatic rings. The van der Waals surface area contributed by atoms with Crippen molar-refractivity contribution < 1.29 is 18.7 Å². The number of hydrogen-bond donors (Lipinski definition) is 0. The smallest absolute Gasteiger partial charge is 0.415 e. The first-order chi connectivity index (χ1) is 17.5. The number of carbonyl (C=O) groups is 1. The lowest BCUT2D eigenvalue weighted by Gasteiger charge is -2.20. The van der Waals surface area contributed by atoms with Gasteiger partial charge in [-0.15, -0.1) is 0 Å². The van der Waals surface area contributed by atoms with Crippen molar-refractivity contribution in [1.29, 1.82) is 0 Å². The van der Waals surface area contributed by atoms with Crippen LogP contribution in [0.4, 0.5) is 4.79 Å². The maximum absolute atomic E-state index is 12.6. The Kier molecular flexibility index (Phi) is 8.40. The van der Waals surface area contributed by atoms with Gasteiger partial charge >= 0.3 is 6.09 Å². The molecule has 0 N–H and O–H groups in total. The highest BCUT2D eigenvalue weighted by Crippen LogP contribution is 2.22. The van der Waals surface area contributed by atoms with Crippen molar-refractivity contribution in [2.24, 2.45) is 0 Å². The molecule has 0 aliphatic carbocycles. The van der Waals surface area contributed by atoms with Gasteiger partial charge in [-0.05, 0) is 75.6 Å². The topological polar surface area (TPSA) is 64.8 Å². The van der Waals surface area contributed by atoms with Crippen LogP contribution in [0.2, 0.25) is 0 Å². The summed E-state index contributed by atoms with van der Waals surface area (Å²) in [7, 11) is 0. The number of carbonyl (C=O) groups excluding carboxylic acids is 1. The Labute approximate surface area is 212 Å². The standard InChI is InChI=1S/C30H32N2O4/c1-4-32(30(33)36-27-16-12-22(2)13-17-27)21-24-14-18-26(19-15-24)34-20-8-11-28-23(3)35-29(31-28)25-9-6-5-7-10-25/h5-7,9-10,12-19H,4,8,11,20-21H2,1-3H3. The summed E-state index contributed by atoms with van der Waals surface area (Å²) in [4.78, 5) is 18.9. The molecule has 1 amide bonds. The predicted octanol–water partition coefficient (Wildman–Crippen LogP) is 6.99. The summed E-state index contributed by atoms with van der Waals surface area (Å²) < 4.78 is 17.3. The van der Waals surface area contributed by atoms with Crippen molar-refractivity contribution >= 4 is 6.09 Å². The van der Waals surface area contributed by atoms with E-state index in [4.69, 9.17) is 13.9 Å². The van der Waals surface area contributed by atoms with Crippen LogP contribution in [0.5, 0.6) is 11.5 Å². The van der Waals surface area contributed by atoms with Crippen LogP contribution in [-0.4, -0.2) is 29.1 Å². The van der Waals surface area contributed by atoms with Crippen LogP contribution in [0.25, 0.3) is 11.5 Å². The number of oxazole rings is 1. The molecule has 6 nitrogen and oxygen atoms in total. The number of amides is 1. The summed E-state index contributed by atoms with van der Waals surface area (Å²) in [5.74, 6) is 2.85. The van der Waals surface area contributed by atoms with Crippen LogP contribution in [0.3, 0.4) is 0 Å². The molecular formula is C30H32N2O4. The zero-order valence-corrected chi connectivity index (χ0v) is 21.1. The lowest BCUT2D eigenvalue weighted by atomic mass is 10.2. The summed E-state index contributed by atoms with van der Waals surface area (Å²) in [6.07, 6.45) is 1.26. The van der Waals surface area contributed by atoms with Gasteiger partial charge < -0.3 is 18.8 Å². The van der Waals surface area contributed by atoms with E-state index in [-0.39, 0.29) is 6.09 Å². The minimum atomic E-state index is -0.361. The third-order valence-electron chi connectivity index (χ3n) is 5.90. The highest BCUT2D eigenvalue weighted by Gasteiger charge is 2.15. The van der Waals surface area contributed by atoms with E-state index in [9.17, 15) is 4.79 Å². The molecule has 0 radical (unpaired) electrons.